The Balaban J connectivity index is 1.39. The van der Waals surface area contributed by atoms with E-state index in [9.17, 15) is 4.79 Å². The summed E-state index contributed by atoms with van der Waals surface area (Å²) in [4.78, 5) is 29.0. The van der Waals surface area contributed by atoms with E-state index in [1.54, 1.807) is 4.52 Å². The number of aromatic nitrogens is 5. The van der Waals surface area contributed by atoms with Crippen molar-refractivity contribution in [2.24, 2.45) is 0 Å². The largest absolute Gasteiger partial charge is 0.331 e. The monoisotopic (exact) mass is 366 g/mol. The Kier molecular flexibility index (Phi) is 4.81. The Morgan fingerprint density at radius 2 is 1.93 bits per heavy atom. The molecule has 0 aliphatic carbocycles. The molecule has 0 aromatic carbocycles. The number of amides is 1. The van der Waals surface area contributed by atoms with Gasteiger partial charge in [0, 0.05) is 34.9 Å². The van der Waals surface area contributed by atoms with Crippen molar-refractivity contribution in [3.63, 3.8) is 0 Å². The molecule has 0 radical (unpaired) electrons. The van der Waals surface area contributed by atoms with E-state index >= 15 is 0 Å². The molecule has 4 rings (SSSR count). The molecule has 0 bridgehead atoms. The summed E-state index contributed by atoms with van der Waals surface area (Å²) in [6.07, 6.45) is 5.52. The summed E-state index contributed by atoms with van der Waals surface area (Å²) in [6.45, 7) is 8.39. The van der Waals surface area contributed by atoms with E-state index in [2.05, 4.69) is 32.2 Å². The van der Waals surface area contributed by atoms with Crippen LogP contribution in [0.1, 0.15) is 22.5 Å². The van der Waals surface area contributed by atoms with E-state index < -0.39 is 0 Å². The molecule has 140 valence electrons. The third-order valence-electron chi connectivity index (χ3n) is 5.34. The van der Waals surface area contributed by atoms with Crippen molar-refractivity contribution in [3.05, 3.63) is 53.4 Å². The zero-order chi connectivity index (χ0) is 18.8. The zero-order valence-corrected chi connectivity index (χ0v) is 15.7. The molecule has 0 spiro atoms. The maximum atomic E-state index is 12.8. The van der Waals surface area contributed by atoms with E-state index in [1.165, 1.54) is 16.8 Å². The first kappa shape index (κ1) is 17.5. The van der Waals surface area contributed by atoms with Crippen LogP contribution in [-0.2, 0) is 17.8 Å². The molecular formula is C19H24N7O+. The molecule has 8 heteroatoms. The number of hydrogen-bond acceptors (Lipinski definition) is 5. The lowest BCUT2D eigenvalue weighted by molar-refractivity contribution is -0.917. The number of piperazine rings is 1. The standard InChI is InChI=1S/C19H23N7O/c1-14-17(15(2)26-19(23-14)21-13-22-26)11-18(27)25-9-7-24(8-10-25)12-16-3-5-20-6-4-16/h3-6,13H,7-12H2,1-2H3/p+1. The number of fused-ring (bicyclic) bond motifs is 1. The van der Waals surface area contributed by atoms with Gasteiger partial charge in [-0.25, -0.2) is 9.50 Å². The van der Waals surface area contributed by atoms with Gasteiger partial charge in [-0.2, -0.15) is 10.1 Å². The molecule has 8 nitrogen and oxygen atoms in total. The van der Waals surface area contributed by atoms with Gasteiger partial charge in [0.05, 0.1) is 32.6 Å². The highest BCUT2D eigenvalue weighted by molar-refractivity contribution is 5.79. The molecular weight excluding hydrogens is 342 g/mol. The maximum absolute atomic E-state index is 12.8. The minimum atomic E-state index is 0.158. The lowest BCUT2D eigenvalue weighted by Crippen LogP contribution is -3.13. The lowest BCUT2D eigenvalue weighted by atomic mass is 10.1. The van der Waals surface area contributed by atoms with Crippen LogP contribution in [0.2, 0.25) is 0 Å². The molecule has 1 aliphatic heterocycles. The smallest absolute Gasteiger partial charge is 0.252 e. The van der Waals surface area contributed by atoms with Crippen LogP contribution in [0.15, 0.2) is 30.9 Å². The second kappa shape index (κ2) is 7.40. The molecule has 0 saturated carbocycles. The minimum Gasteiger partial charge on any atom is -0.331 e. The van der Waals surface area contributed by atoms with Crippen LogP contribution in [0, 0.1) is 13.8 Å². The number of pyridine rings is 1. The van der Waals surface area contributed by atoms with Gasteiger partial charge in [0.1, 0.15) is 12.9 Å². The number of nitrogens with zero attached hydrogens (tertiary/aromatic N) is 6. The van der Waals surface area contributed by atoms with Gasteiger partial charge >= 0.3 is 0 Å². The van der Waals surface area contributed by atoms with Gasteiger partial charge in [0.15, 0.2) is 0 Å². The normalized spacial score (nSPS) is 15.4. The maximum Gasteiger partial charge on any atom is 0.252 e. The topological polar surface area (TPSA) is 80.7 Å². The molecule has 4 heterocycles. The Bertz CT molecular complexity index is 945. The highest BCUT2D eigenvalue weighted by atomic mass is 16.2. The fraction of sp³-hybridized carbons (Fsp3) is 0.421. The van der Waals surface area contributed by atoms with E-state index in [0.717, 1.165) is 49.7 Å². The van der Waals surface area contributed by atoms with Crippen molar-refractivity contribution < 1.29 is 9.69 Å². The van der Waals surface area contributed by atoms with Crippen LogP contribution in [0.5, 0.6) is 0 Å². The summed E-state index contributed by atoms with van der Waals surface area (Å²) in [5.74, 6) is 0.736. The predicted molar refractivity (Wildman–Crippen MR) is 99.2 cm³/mol. The third kappa shape index (κ3) is 3.66. The van der Waals surface area contributed by atoms with Gasteiger partial charge < -0.3 is 9.80 Å². The molecule has 1 amide bonds. The number of carbonyl (C=O) groups is 1. The minimum absolute atomic E-state index is 0.158. The first-order chi connectivity index (χ1) is 13.1. The van der Waals surface area contributed by atoms with Crippen LogP contribution < -0.4 is 4.90 Å². The van der Waals surface area contributed by atoms with Crippen LogP contribution in [0.3, 0.4) is 0 Å². The van der Waals surface area contributed by atoms with Crippen LogP contribution in [0.4, 0.5) is 0 Å². The van der Waals surface area contributed by atoms with Gasteiger partial charge in [0.2, 0.25) is 5.91 Å². The van der Waals surface area contributed by atoms with Crippen molar-refractivity contribution in [1.82, 2.24) is 29.5 Å². The third-order valence-corrected chi connectivity index (χ3v) is 5.34. The summed E-state index contributed by atoms with van der Waals surface area (Å²) < 4.78 is 1.70. The average molecular weight is 366 g/mol. The number of carbonyl (C=O) groups excluding carboxylic acids is 1. The second-order valence-electron chi connectivity index (χ2n) is 7.07. The SMILES string of the molecule is Cc1nc2ncnn2c(C)c1CC(=O)N1CC[NH+](Cc2ccncc2)CC1. The van der Waals surface area contributed by atoms with Crippen molar-refractivity contribution in [2.75, 3.05) is 26.2 Å². The highest BCUT2D eigenvalue weighted by Crippen LogP contribution is 2.14. The fourth-order valence-corrected chi connectivity index (χ4v) is 3.71. The molecule has 1 fully saturated rings. The lowest BCUT2D eigenvalue weighted by Gasteiger charge is -2.32. The number of quaternary nitrogens is 1. The van der Waals surface area contributed by atoms with E-state index in [-0.39, 0.29) is 5.91 Å². The Morgan fingerprint density at radius 3 is 2.67 bits per heavy atom. The fourth-order valence-electron chi connectivity index (χ4n) is 3.71. The molecule has 1 aliphatic rings. The van der Waals surface area contributed by atoms with Gasteiger partial charge in [-0.1, -0.05) is 0 Å². The molecule has 0 unspecified atom stereocenters. The van der Waals surface area contributed by atoms with Gasteiger partial charge in [-0.3, -0.25) is 9.78 Å². The molecule has 3 aromatic heterocycles. The Hall–Kier alpha value is -2.87. The van der Waals surface area contributed by atoms with Crippen LogP contribution >= 0.6 is 0 Å². The van der Waals surface area contributed by atoms with E-state index in [0.29, 0.717) is 12.2 Å². The zero-order valence-electron chi connectivity index (χ0n) is 15.7. The van der Waals surface area contributed by atoms with Crippen molar-refractivity contribution in [2.45, 2.75) is 26.8 Å². The molecule has 27 heavy (non-hydrogen) atoms. The summed E-state index contributed by atoms with van der Waals surface area (Å²) >= 11 is 0. The summed E-state index contributed by atoms with van der Waals surface area (Å²) in [5, 5.41) is 4.20. The molecule has 0 atom stereocenters. The second-order valence-corrected chi connectivity index (χ2v) is 7.07. The van der Waals surface area contributed by atoms with Crippen LogP contribution in [-0.4, -0.2) is 61.6 Å². The van der Waals surface area contributed by atoms with Crippen LogP contribution in [0.25, 0.3) is 5.78 Å². The van der Waals surface area contributed by atoms with Crippen molar-refractivity contribution >= 4 is 11.7 Å². The van der Waals surface area contributed by atoms with E-state index in [1.807, 2.05) is 31.1 Å². The van der Waals surface area contributed by atoms with Gasteiger partial charge in [0.25, 0.3) is 5.78 Å². The van der Waals surface area contributed by atoms with Gasteiger partial charge in [-0.15, -0.1) is 0 Å². The molecule has 1 saturated heterocycles. The summed E-state index contributed by atoms with van der Waals surface area (Å²) in [7, 11) is 0. The Morgan fingerprint density at radius 1 is 1.19 bits per heavy atom. The first-order valence-electron chi connectivity index (χ1n) is 9.28. The predicted octanol–water partition coefficient (Wildman–Crippen LogP) is -0.394. The average Bonchev–Trinajstić information content (AvgIpc) is 3.15. The Labute approximate surface area is 157 Å². The molecule has 3 aromatic rings. The quantitative estimate of drug-likeness (QED) is 0.680. The number of nitrogens with one attached hydrogen (secondary N) is 1. The molecule has 1 N–H and O–H groups in total. The van der Waals surface area contributed by atoms with Gasteiger partial charge in [-0.05, 0) is 26.0 Å². The number of rotatable bonds is 4. The number of hydrogen-bond donors (Lipinski definition) is 1. The van der Waals surface area contributed by atoms with Crippen molar-refractivity contribution in [1.29, 1.82) is 0 Å². The van der Waals surface area contributed by atoms with E-state index in [4.69, 9.17) is 0 Å². The summed E-state index contributed by atoms with van der Waals surface area (Å²) in [6, 6.07) is 4.12. The summed E-state index contributed by atoms with van der Waals surface area (Å²) in [5.41, 5.74) is 4.02. The first-order valence-corrected chi connectivity index (χ1v) is 9.28. The highest BCUT2D eigenvalue weighted by Gasteiger charge is 2.25. The van der Waals surface area contributed by atoms with Crippen molar-refractivity contribution in [3.8, 4) is 0 Å². The number of aryl methyl sites for hydroxylation is 2.